The highest BCUT2D eigenvalue weighted by molar-refractivity contribution is 5.80. The number of hydrogen-bond acceptors (Lipinski definition) is 4. The third-order valence-corrected chi connectivity index (χ3v) is 5.73. The predicted octanol–water partition coefficient (Wildman–Crippen LogP) is 6.67. The quantitative estimate of drug-likeness (QED) is 0.232. The summed E-state index contributed by atoms with van der Waals surface area (Å²) >= 11 is 0. The molecule has 0 amide bonds. The lowest BCUT2D eigenvalue weighted by molar-refractivity contribution is -0.274. The number of hydrogen-bond donors (Lipinski definition) is 0. The highest BCUT2D eigenvalue weighted by Crippen LogP contribution is 2.24. The van der Waals surface area contributed by atoms with Crippen LogP contribution in [0.3, 0.4) is 0 Å². The molecule has 0 radical (unpaired) electrons. The zero-order valence-corrected chi connectivity index (χ0v) is 19.8. The number of aryl methyl sites for hydroxylation is 2. The molecule has 0 spiro atoms. The van der Waals surface area contributed by atoms with Crippen LogP contribution in [0.1, 0.15) is 36.0 Å². The second kappa shape index (κ2) is 11.2. The smallest absolute Gasteiger partial charge is 0.406 e. The minimum atomic E-state index is -4.73. The first kappa shape index (κ1) is 25.2. The first-order chi connectivity index (χ1) is 17.2. The molecule has 4 aromatic rings. The van der Waals surface area contributed by atoms with Crippen molar-refractivity contribution in [3.8, 4) is 22.8 Å². The lowest BCUT2D eigenvalue weighted by Crippen LogP contribution is -2.17. The lowest BCUT2D eigenvalue weighted by Gasteiger charge is -2.09. The van der Waals surface area contributed by atoms with Gasteiger partial charge in [0.05, 0.1) is 5.69 Å². The summed E-state index contributed by atoms with van der Waals surface area (Å²) in [5, 5.41) is 4.42. The fourth-order valence-corrected chi connectivity index (χ4v) is 3.81. The zero-order chi connectivity index (χ0) is 25.5. The number of Topliss-reactive ketones (excluding diaryl/α,β-unsaturated/α-hetero) is 1. The van der Waals surface area contributed by atoms with Gasteiger partial charge in [0.2, 0.25) is 0 Å². The van der Waals surface area contributed by atoms with Gasteiger partial charge in [-0.3, -0.25) is 4.79 Å². The van der Waals surface area contributed by atoms with E-state index in [-0.39, 0.29) is 11.5 Å². The number of ketones is 1. The van der Waals surface area contributed by atoms with Gasteiger partial charge in [-0.15, -0.1) is 18.3 Å². The van der Waals surface area contributed by atoms with Gasteiger partial charge in [0.15, 0.2) is 5.82 Å². The van der Waals surface area contributed by atoms with Gasteiger partial charge in [-0.25, -0.2) is 9.67 Å². The van der Waals surface area contributed by atoms with Crippen LogP contribution in [0, 0.1) is 6.92 Å². The van der Waals surface area contributed by atoms with Crippen molar-refractivity contribution in [2.24, 2.45) is 0 Å². The molecule has 0 unspecified atom stereocenters. The topological polar surface area (TPSA) is 57.0 Å². The fourth-order valence-electron chi connectivity index (χ4n) is 3.81. The second-order valence-corrected chi connectivity index (χ2v) is 8.66. The average molecular weight is 494 g/mol. The number of ether oxygens (including phenoxy) is 1. The maximum absolute atomic E-state index is 12.3. The largest absolute Gasteiger partial charge is 0.573 e. The molecule has 36 heavy (non-hydrogen) atoms. The van der Waals surface area contributed by atoms with Crippen LogP contribution in [0.2, 0.25) is 0 Å². The summed E-state index contributed by atoms with van der Waals surface area (Å²) in [5.41, 5.74) is 4.82. The molecule has 4 rings (SSSR count). The molecular formula is C28H26F3N3O2. The van der Waals surface area contributed by atoms with Gasteiger partial charge in [-0.05, 0) is 61.6 Å². The lowest BCUT2D eigenvalue weighted by atomic mass is 10.0. The molecule has 0 aliphatic carbocycles. The van der Waals surface area contributed by atoms with Crippen LogP contribution in [0.25, 0.3) is 17.1 Å². The molecule has 0 saturated heterocycles. The van der Waals surface area contributed by atoms with Crippen molar-refractivity contribution in [3.05, 3.63) is 95.8 Å². The highest BCUT2D eigenvalue weighted by atomic mass is 19.4. The zero-order valence-electron chi connectivity index (χ0n) is 19.8. The molecule has 5 nitrogen and oxygen atoms in total. The van der Waals surface area contributed by atoms with Crippen LogP contribution < -0.4 is 4.74 Å². The molecule has 0 atom stereocenters. The van der Waals surface area contributed by atoms with E-state index in [1.165, 1.54) is 46.4 Å². The Morgan fingerprint density at radius 1 is 0.889 bits per heavy atom. The Kier molecular flexibility index (Phi) is 7.83. The van der Waals surface area contributed by atoms with Crippen molar-refractivity contribution in [1.29, 1.82) is 0 Å². The Hall–Kier alpha value is -3.94. The Balaban J connectivity index is 1.25. The van der Waals surface area contributed by atoms with Gasteiger partial charge in [0, 0.05) is 18.4 Å². The Bertz CT molecular complexity index is 1280. The molecule has 0 aliphatic heterocycles. The van der Waals surface area contributed by atoms with E-state index in [9.17, 15) is 18.0 Å². The van der Waals surface area contributed by atoms with Crippen LogP contribution in [-0.4, -0.2) is 26.9 Å². The second-order valence-electron chi connectivity index (χ2n) is 8.66. The molecule has 8 heteroatoms. The monoisotopic (exact) mass is 493 g/mol. The van der Waals surface area contributed by atoms with Gasteiger partial charge in [-0.1, -0.05) is 54.1 Å². The molecule has 0 saturated carbocycles. The van der Waals surface area contributed by atoms with Crippen LogP contribution in [0.15, 0.2) is 79.1 Å². The van der Waals surface area contributed by atoms with E-state index >= 15 is 0 Å². The van der Waals surface area contributed by atoms with E-state index in [4.69, 9.17) is 0 Å². The molecule has 0 fully saturated rings. The minimum Gasteiger partial charge on any atom is -0.406 e. The van der Waals surface area contributed by atoms with E-state index in [1.807, 2.05) is 55.5 Å². The molecule has 0 aliphatic rings. The fraction of sp³-hybridized carbons (Fsp3) is 0.250. The number of alkyl halides is 3. The highest BCUT2D eigenvalue weighted by Gasteiger charge is 2.31. The van der Waals surface area contributed by atoms with Gasteiger partial charge in [0.1, 0.15) is 17.9 Å². The minimum absolute atomic E-state index is 0.262. The van der Waals surface area contributed by atoms with Crippen molar-refractivity contribution in [2.45, 2.75) is 45.4 Å². The summed E-state index contributed by atoms with van der Waals surface area (Å²) in [6.45, 7) is 2.03. The molecule has 186 valence electrons. The molecule has 3 aromatic carbocycles. The summed E-state index contributed by atoms with van der Waals surface area (Å²) in [5.74, 6) is 0.482. The Morgan fingerprint density at radius 3 is 2.22 bits per heavy atom. The van der Waals surface area contributed by atoms with E-state index in [0.29, 0.717) is 24.4 Å². The van der Waals surface area contributed by atoms with Crippen LogP contribution in [0.4, 0.5) is 13.2 Å². The van der Waals surface area contributed by atoms with E-state index in [2.05, 4.69) is 14.8 Å². The van der Waals surface area contributed by atoms with Crippen LogP contribution >= 0.6 is 0 Å². The number of nitrogens with zero attached hydrogens (tertiary/aromatic N) is 3. The summed E-state index contributed by atoms with van der Waals surface area (Å²) in [4.78, 5) is 16.5. The number of unbranched alkanes of at least 4 members (excludes halogenated alkanes) is 1. The third-order valence-electron chi connectivity index (χ3n) is 5.73. The van der Waals surface area contributed by atoms with Gasteiger partial charge >= 0.3 is 6.36 Å². The predicted molar refractivity (Wildman–Crippen MR) is 131 cm³/mol. The van der Waals surface area contributed by atoms with Crippen molar-refractivity contribution < 1.29 is 22.7 Å². The number of carbonyl (C=O) groups excluding carboxylic acids is 1. The number of halogens is 3. The van der Waals surface area contributed by atoms with Crippen LogP contribution in [-0.2, 0) is 17.6 Å². The first-order valence-electron chi connectivity index (χ1n) is 11.7. The molecule has 1 heterocycles. The van der Waals surface area contributed by atoms with E-state index in [0.717, 1.165) is 30.4 Å². The molecule has 0 N–H and O–H groups in total. The SMILES string of the molecule is Cc1ccc(CC(=O)CCCCc2ccc(-c3ncn(-c4ccc(OC(F)(F)F)cc4)n3)cc2)cc1. The van der Waals surface area contributed by atoms with Gasteiger partial charge in [0.25, 0.3) is 0 Å². The summed E-state index contributed by atoms with van der Waals surface area (Å²) in [7, 11) is 0. The standard InChI is InChI=1S/C28H26F3N3O2/c1-20-6-8-22(9-7-20)18-25(35)5-3-2-4-21-10-12-23(13-11-21)27-32-19-34(33-27)24-14-16-26(17-15-24)36-28(29,30)31/h6-17,19H,2-5,18H2,1H3. The summed E-state index contributed by atoms with van der Waals surface area (Å²) in [6, 6.07) is 21.4. The first-order valence-corrected chi connectivity index (χ1v) is 11.7. The molecule has 1 aromatic heterocycles. The third kappa shape index (κ3) is 7.28. The normalized spacial score (nSPS) is 11.4. The van der Waals surface area contributed by atoms with E-state index < -0.39 is 6.36 Å². The number of rotatable bonds is 10. The maximum Gasteiger partial charge on any atom is 0.573 e. The maximum atomic E-state index is 12.3. The number of aromatic nitrogens is 3. The van der Waals surface area contributed by atoms with Crippen molar-refractivity contribution in [1.82, 2.24) is 14.8 Å². The summed E-state index contributed by atoms with van der Waals surface area (Å²) in [6.07, 6.45) is 0.512. The van der Waals surface area contributed by atoms with Crippen molar-refractivity contribution in [3.63, 3.8) is 0 Å². The Morgan fingerprint density at radius 2 is 1.56 bits per heavy atom. The van der Waals surface area contributed by atoms with Gasteiger partial charge < -0.3 is 4.74 Å². The van der Waals surface area contributed by atoms with Crippen molar-refractivity contribution in [2.75, 3.05) is 0 Å². The van der Waals surface area contributed by atoms with E-state index in [1.54, 1.807) is 0 Å². The van der Waals surface area contributed by atoms with Gasteiger partial charge in [-0.2, -0.15) is 0 Å². The molecule has 0 bridgehead atoms. The average Bonchev–Trinajstić information content (AvgIpc) is 3.34. The van der Waals surface area contributed by atoms with Crippen molar-refractivity contribution >= 4 is 5.78 Å². The Labute approximate surface area is 207 Å². The van der Waals surface area contributed by atoms with Crippen LogP contribution in [0.5, 0.6) is 5.75 Å². The number of carbonyl (C=O) groups is 1. The number of benzene rings is 3. The summed E-state index contributed by atoms with van der Waals surface area (Å²) < 4.78 is 42.4. The molecular weight excluding hydrogens is 467 g/mol.